The number of carbonyl (C=O) groups is 1. The first-order valence-corrected chi connectivity index (χ1v) is 11.3. The highest BCUT2D eigenvalue weighted by atomic mass is 32.2. The monoisotopic (exact) mass is 437 g/mol. The SMILES string of the molecule is CN(Cc1ccc2c(c1)OCCO2)C(=O)CSc1nnc(-c2cccnc2)n1C1CC1. The van der Waals surface area contributed by atoms with Crippen molar-refractivity contribution in [2.75, 3.05) is 26.0 Å². The number of ether oxygens (including phenoxy) is 2. The van der Waals surface area contributed by atoms with Gasteiger partial charge in [0.25, 0.3) is 0 Å². The Bertz CT molecular complexity index is 1080. The fourth-order valence-electron chi connectivity index (χ4n) is 3.51. The van der Waals surface area contributed by atoms with Gasteiger partial charge in [0, 0.05) is 37.6 Å². The number of nitrogens with zero attached hydrogens (tertiary/aromatic N) is 5. The maximum absolute atomic E-state index is 12.8. The van der Waals surface area contributed by atoms with Crippen LogP contribution in [0.1, 0.15) is 24.4 Å². The molecule has 0 N–H and O–H groups in total. The molecule has 1 amide bonds. The predicted octanol–water partition coefficient (Wildman–Crippen LogP) is 3.20. The quantitative estimate of drug-likeness (QED) is 0.525. The molecule has 1 fully saturated rings. The summed E-state index contributed by atoms with van der Waals surface area (Å²) in [5, 5.41) is 9.52. The van der Waals surface area contributed by atoms with Gasteiger partial charge >= 0.3 is 0 Å². The summed E-state index contributed by atoms with van der Waals surface area (Å²) in [5.41, 5.74) is 1.95. The van der Waals surface area contributed by atoms with Crippen molar-refractivity contribution in [1.29, 1.82) is 0 Å². The summed E-state index contributed by atoms with van der Waals surface area (Å²) in [5.74, 6) is 2.64. The first-order valence-electron chi connectivity index (χ1n) is 10.3. The van der Waals surface area contributed by atoms with Crippen molar-refractivity contribution < 1.29 is 14.3 Å². The van der Waals surface area contributed by atoms with Crippen LogP contribution in [0.2, 0.25) is 0 Å². The van der Waals surface area contributed by atoms with E-state index in [9.17, 15) is 4.79 Å². The summed E-state index contributed by atoms with van der Waals surface area (Å²) in [6.07, 6.45) is 5.75. The van der Waals surface area contributed by atoms with Crippen molar-refractivity contribution in [2.24, 2.45) is 0 Å². The third-order valence-corrected chi connectivity index (χ3v) is 6.20. The van der Waals surface area contributed by atoms with E-state index in [1.54, 1.807) is 17.3 Å². The number of hydrogen-bond donors (Lipinski definition) is 0. The van der Waals surface area contributed by atoms with Crippen molar-refractivity contribution in [1.82, 2.24) is 24.6 Å². The highest BCUT2D eigenvalue weighted by molar-refractivity contribution is 7.99. The normalized spacial score (nSPS) is 15.0. The van der Waals surface area contributed by atoms with E-state index in [1.807, 2.05) is 37.4 Å². The second kappa shape index (κ2) is 8.58. The molecule has 1 aliphatic heterocycles. The van der Waals surface area contributed by atoms with Gasteiger partial charge in [-0.05, 0) is 42.7 Å². The first kappa shape index (κ1) is 19.9. The zero-order valence-electron chi connectivity index (χ0n) is 17.2. The average Bonchev–Trinajstić information content (AvgIpc) is 3.56. The van der Waals surface area contributed by atoms with Crippen LogP contribution >= 0.6 is 11.8 Å². The standard InChI is InChI=1S/C22H23N5O3S/c1-26(13-15-4-7-18-19(11-15)30-10-9-29-18)20(28)14-31-22-25-24-21(27(22)17-5-6-17)16-3-2-8-23-12-16/h2-4,7-8,11-12,17H,5-6,9-10,13-14H2,1H3. The molecule has 1 aromatic carbocycles. The number of rotatable bonds is 7. The highest BCUT2D eigenvalue weighted by Gasteiger charge is 2.30. The van der Waals surface area contributed by atoms with Gasteiger partial charge in [-0.3, -0.25) is 14.3 Å². The number of carbonyl (C=O) groups excluding carboxylic acids is 1. The Hall–Kier alpha value is -3.07. The highest BCUT2D eigenvalue weighted by Crippen LogP contribution is 2.41. The van der Waals surface area contributed by atoms with Crippen molar-refractivity contribution in [3.05, 3.63) is 48.3 Å². The van der Waals surface area contributed by atoms with Crippen molar-refractivity contribution in [3.8, 4) is 22.9 Å². The number of fused-ring (bicyclic) bond motifs is 1. The Kier molecular flexibility index (Phi) is 5.50. The Morgan fingerprint density at radius 3 is 2.81 bits per heavy atom. The topological polar surface area (TPSA) is 82.4 Å². The van der Waals surface area contributed by atoms with Crippen LogP contribution in [0.25, 0.3) is 11.4 Å². The van der Waals surface area contributed by atoms with E-state index >= 15 is 0 Å². The molecular weight excluding hydrogens is 414 g/mol. The Balaban J connectivity index is 1.24. The van der Waals surface area contributed by atoms with Crippen molar-refractivity contribution in [2.45, 2.75) is 30.6 Å². The summed E-state index contributed by atoms with van der Waals surface area (Å²) >= 11 is 1.43. The predicted molar refractivity (Wildman–Crippen MR) is 116 cm³/mol. The van der Waals surface area contributed by atoms with Crippen LogP contribution in [0.3, 0.4) is 0 Å². The van der Waals surface area contributed by atoms with Gasteiger partial charge in [-0.2, -0.15) is 0 Å². The number of amides is 1. The summed E-state index contributed by atoms with van der Waals surface area (Å²) in [7, 11) is 1.81. The zero-order chi connectivity index (χ0) is 21.2. The first-order chi connectivity index (χ1) is 15.2. The molecule has 3 aromatic rings. The maximum atomic E-state index is 12.8. The molecule has 1 saturated carbocycles. The number of benzene rings is 1. The van der Waals surface area contributed by atoms with E-state index in [0.29, 0.717) is 31.6 Å². The fraction of sp³-hybridized carbons (Fsp3) is 0.364. The van der Waals surface area contributed by atoms with Gasteiger partial charge in [0.15, 0.2) is 22.5 Å². The van der Waals surface area contributed by atoms with Gasteiger partial charge in [-0.15, -0.1) is 10.2 Å². The lowest BCUT2D eigenvalue weighted by molar-refractivity contribution is -0.127. The second-order valence-corrected chi connectivity index (χ2v) is 8.61. The fourth-order valence-corrected chi connectivity index (χ4v) is 4.46. The lowest BCUT2D eigenvalue weighted by atomic mass is 10.2. The second-order valence-electron chi connectivity index (χ2n) is 7.67. The summed E-state index contributed by atoms with van der Waals surface area (Å²) in [6, 6.07) is 10.1. The van der Waals surface area contributed by atoms with Crippen LogP contribution < -0.4 is 9.47 Å². The lowest BCUT2D eigenvalue weighted by Gasteiger charge is -2.21. The van der Waals surface area contributed by atoms with Gasteiger partial charge in [-0.25, -0.2) is 0 Å². The van der Waals surface area contributed by atoms with Crippen molar-refractivity contribution in [3.63, 3.8) is 0 Å². The zero-order valence-corrected chi connectivity index (χ0v) is 18.0. The minimum atomic E-state index is 0.0353. The minimum absolute atomic E-state index is 0.0353. The third-order valence-electron chi connectivity index (χ3n) is 5.27. The molecule has 8 nitrogen and oxygen atoms in total. The van der Waals surface area contributed by atoms with Gasteiger partial charge in [0.2, 0.25) is 5.91 Å². The molecule has 2 aliphatic rings. The summed E-state index contributed by atoms with van der Waals surface area (Å²) in [4.78, 5) is 18.7. The van der Waals surface area contributed by atoms with E-state index in [2.05, 4.69) is 19.7 Å². The number of aromatic nitrogens is 4. The van der Waals surface area contributed by atoms with E-state index in [0.717, 1.165) is 46.4 Å². The third kappa shape index (κ3) is 4.36. The van der Waals surface area contributed by atoms with E-state index in [4.69, 9.17) is 9.47 Å². The van der Waals surface area contributed by atoms with E-state index in [-0.39, 0.29) is 5.91 Å². The largest absolute Gasteiger partial charge is 0.486 e. The summed E-state index contributed by atoms with van der Waals surface area (Å²) < 4.78 is 13.3. The van der Waals surface area contributed by atoms with Gasteiger partial charge in [-0.1, -0.05) is 17.8 Å². The molecule has 9 heteroatoms. The van der Waals surface area contributed by atoms with Crippen LogP contribution in [0.4, 0.5) is 0 Å². The molecule has 0 spiro atoms. The molecule has 5 rings (SSSR count). The molecule has 0 atom stereocenters. The van der Waals surface area contributed by atoms with Crippen molar-refractivity contribution >= 4 is 17.7 Å². The van der Waals surface area contributed by atoms with Crippen LogP contribution in [0, 0.1) is 0 Å². The Labute approximate surface area is 184 Å². The minimum Gasteiger partial charge on any atom is -0.486 e. The molecule has 160 valence electrons. The molecule has 2 aromatic heterocycles. The van der Waals surface area contributed by atoms with Crippen LogP contribution in [0.5, 0.6) is 11.5 Å². The Morgan fingerprint density at radius 1 is 1.19 bits per heavy atom. The van der Waals surface area contributed by atoms with Crippen LogP contribution in [-0.4, -0.2) is 56.6 Å². The summed E-state index contributed by atoms with van der Waals surface area (Å²) in [6.45, 7) is 1.62. The van der Waals surface area contributed by atoms with Gasteiger partial charge < -0.3 is 14.4 Å². The van der Waals surface area contributed by atoms with Gasteiger partial charge in [0.05, 0.1) is 5.75 Å². The Morgan fingerprint density at radius 2 is 2.03 bits per heavy atom. The van der Waals surface area contributed by atoms with Gasteiger partial charge in [0.1, 0.15) is 13.2 Å². The van der Waals surface area contributed by atoms with E-state index < -0.39 is 0 Å². The number of pyridine rings is 1. The van der Waals surface area contributed by atoms with Crippen LogP contribution in [-0.2, 0) is 11.3 Å². The van der Waals surface area contributed by atoms with E-state index in [1.165, 1.54) is 11.8 Å². The average molecular weight is 438 g/mol. The molecule has 1 aliphatic carbocycles. The molecular formula is C22H23N5O3S. The molecule has 3 heterocycles. The lowest BCUT2D eigenvalue weighted by Crippen LogP contribution is -2.28. The molecule has 0 bridgehead atoms. The molecule has 0 unspecified atom stereocenters. The molecule has 0 radical (unpaired) electrons. The molecule has 0 saturated heterocycles. The maximum Gasteiger partial charge on any atom is 0.233 e. The van der Waals surface area contributed by atoms with Crippen LogP contribution in [0.15, 0.2) is 47.9 Å². The smallest absolute Gasteiger partial charge is 0.233 e. The number of hydrogen-bond acceptors (Lipinski definition) is 7. The number of thioether (sulfide) groups is 1. The molecule has 31 heavy (non-hydrogen) atoms.